The molecule has 1 aromatic carbocycles. The van der Waals surface area contributed by atoms with E-state index in [-0.39, 0.29) is 6.61 Å². The van der Waals surface area contributed by atoms with Gasteiger partial charge < -0.3 is 9.84 Å². The third-order valence-electron chi connectivity index (χ3n) is 2.29. The highest BCUT2D eigenvalue weighted by molar-refractivity contribution is 5.21. The van der Waals surface area contributed by atoms with Crippen LogP contribution in [0.25, 0.3) is 0 Å². The highest BCUT2D eigenvalue weighted by Crippen LogP contribution is 2.12. The molecule has 1 aromatic heterocycles. The van der Waals surface area contributed by atoms with Gasteiger partial charge in [-0.2, -0.15) is 0 Å². The second-order valence-corrected chi connectivity index (χ2v) is 3.37. The monoisotopic (exact) mass is 219 g/mol. The molecular weight excluding hydrogens is 206 g/mol. The van der Waals surface area contributed by atoms with E-state index in [1.54, 1.807) is 11.7 Å². The summed E-state index contributed by atoms with van der Waals surface area (Å²) in [6, 6.07) is 9.50. The van der Waals surface area contributed by atoms with Crippen LogP contribution in [0.1, 0.15) is 11.4 Å². The second-order valence-electron chi connectivity index (χ2n) is 3.37. The highest BCUT2D eigenvalue weighted by Gasteiger charge is 2.09. The van der Waals surface area contributed by atoms with Crippen LogP contribution in [0, 0.1) is 0 Å². The Hall–Kier alpha value is -1.88. The average Bonchev–Trinajstić information content (AvgIpc) is 2.69. The zero-order valence-corrected chi connectivity index (χ0v) is 9.00. The van der Waals surface area contributed by atoms with E-state index < -0.39 is 0 Å². The summed E-state index contributed by atoms with van der Waals surface area (Å²) in [5, 5.41) is 16.7. The summed E-state index contributed by atoms with van der Waals surface area (Å²) in [5.41, 5.74) is 1.34. The zero-order valence-electron chi connectivity index (χ0n) is 9.00. The van der Waals surface area contributed by atoms with Crippen molar-refractivity contribution in [3.63, 3.8) is 0 Å². The summed E-state index contributed by atoms with van der Waals surface area (Å²) in [6.45, 7) is 0.227. The summed E-state index contributed by atoms with van der Waals surface area (Å²) in [4.78, 5) is 0. The fourth-order valence-electron chi connectivity index (χ4n) is 1.39. The Kier molecular flexibility index (Phi) is 3.16. The standard InChI is InChI=1S/C11H13N3O2/c1-14-11(10(7-15)12-13-14)8-16-9-5-3-2-4-6-9/h2-6,15H,7-8H2,1H3. The Bertz CT molecular complexity index is 454. The SMILES string of the molecule is Cn1nnc(CO)c1COc1ccccc1. The Morgan fingerprint density at radius 1 is 1.31 bits per heavy atom. The van der Waals surface area contributed by atoms with Gasteiger partial charge in [0.05, 0.1) is 6.61 Å². The zero-order chi connectivity index (χ0) is 11.4. The Morgan fingerprint density at radius 3 is 2.75 bits per heavy atom. The van der Waals surface area contributed by atoms with Gasteiger partial charge in [-0.3, -0.25) is 0 Å². The topological polar surface area (TPSA) is 60.2 Å². The van der Waals surface area contributed by atoms with Crippen molar-refractivity contribution in [1.29, 1.82) is 0 Å². The molecule has 0 aliphatic carbocycles. The lowest BCUT2D eigenvalue weighted by molar-refractivity contribution is 0.262. The molecule has 0 radical (unpaired) electrons. The Labute approximate surface area is 93.3 Å². The lowest BCUT2D eigenvalue weighted by atomic mass is 10.3. The van der Waals surface area contributed by atoms with Gasteiger partial charge in [0.25, 0.3) is 0 Å². The van der Waals surface area contributed by atoms with Crippen molar-refractivity contribution in [2.24, 2.45) is 7.05 Å². The number of benzene rings is 1. The molecule has 1 N–H and O–H groups in total. The van der Waals surface area contributed by atoms with Crippen LogP contribution in [0.5, 0.6) is 5.75 Å². The van der Waals surface area contributed by atoms with E-state index in [1.165, 1.54) is 0 Å². The third kappa shape index (κ3) is 2.20. The van der Waals surface area contributed by atoms with Crippen molar-refractivity contribution in [3.05, 3.63) is 41.7 Å². The minimum absolute atomic E-state index is 0.124. The first-order chi connectivity index (χ1) is 7.81. The molecule has 1 heterocycles. The van der Waals surface area contributed by atoms with E-state index in [9.17, 15) is 0 Å². The van der Waals surface area contributed by atoms with Gasteiger partial charge >= 0.3 is 0 Å². The molecule has 0 spiro atoms. The molecule has 0 atom stereocenters. The number of aryl methyl sites for hydroxylation is 1. The van der Waals surface area contributed by atoms with E-state index in [0.29, 0.717) is 12.3 Å². The quantitative estimate of drug-likeness (QED) is 0.829. The van der Waals surface area contributed by atoms with Crippen LogP contribution in [0.3, 0.4) is 0 Å². The lowest BCUT2D eigenvalue weighted by Crippen LogP contribution is -2.05. The molecule has 0 saturated heterocycles. The minimum atomic E-state index is -0.124. The van der Waals surface area contributed by atoms with Crippen LogP contribution >= 0.6 is 0 Å². The van der Waals surface area contributed by atoms with Crippen molar-refractivity contribution in [3.8, 4) is 5.75 Å². The molecule has 0 aliphatic rings. The number of para-hydroxylation sites is 1. The molecule has 5 heteroatoms. The molecule has 0 fully saturated rings. The molecule has 0 saturated carbocycles. The first kappa shape index (κ1) is 10.6. The van der Waals surface area contributed by atoms with Crippen molar-refractivity contribution < 1.29 is 9.84 Å². The maximum atomic E-state index is 9.06. The summed E-state index contributed by atoms with van der Waals surface area (Å²) >= 11 is 0. The number of aliphatic hydroxyl groups excluding tert-OH is 1. The number of rotatable bonds is 4. The molecule has 0 unspecified atom stereocenters. The number of aromatic nitrogens is 3. The summed E-state index contributed by atoms with van der Waals surface area (Å²) in [5.74, 6) is 0.785. The fourth-order valence-corrected chi connectivity index (χ4v) is 1.39. The number of hydrogen-bond donors (Lipinski definition) is 1. The molecule has 2 rings (SSSR count). The molecule has 0 aliphatic heterocycles. The van der Waals surface area contributed by atoms with Gasteiger partial charge in [0.1, 0.15) is 23.7 Å². The summed E-state index contributed by atoms with van der Waals surface area (Å²) in [7, 11) is 1.77. The predicted octanol–water partition coefficient (Wildman–Crippen LogP) is 0.886. The highest BCUT2D eigenvalue weighted by atomic mass is 16.5. The fraction of sp³-hybridized carbons (Fsp3) is 0.273. The minimum Gasteiger partial charge on any atom is -0.487 e. The molecule has 0 bridgehead atoms. The van der Waals surface area contributed by atoms with Gasteiger partial charge in [-0.25, -0.2) is 4.68 Å². The maximum Gasteiger partial charge on any atom is 0.132 e. The third-order valence-corrected chi connectivity index (χ3v) is 2.29. The van der Waals surface area contributed by atoms with E-state index in [1.807, 2.05) is 30.3 Å². The van der Waals surface area contributed by atoms with Gasteiger partial charge in [0, 0.05) is 7.05 Å². The van der Waals surface area contributed by atoms with Crippen LogP contribution in [-0.4, -0.2) is 20.1 Å². The number of ether oxygens (including phenoxy) is 1. The normalized spacial score (nSPS) is 10.4. The number of aliphatic hydroxyl groups is 1. The molecule has 0 amide bonds. The summed E-state index contributed by atoms with van der Waals surface area (Å²) in [6.07, 6.45) is 0. The Balaban J connectivity index is 2.07. The largest absolute Gasteiger partial charge is 0.487 e. The predicted molar refractivity (Wildman–Crippen MR) is 57.7 cm³/mol. The van der Waals surface area contributed by atoms with Gasteiger partial charge in [0.15, 0.2) is 0 Å². The van der Waals surface area contributed by atoms with Crippen molar-refractivity contribution in [2.75, 3.05) is 0 Å². The summed E-state index contributed by atoms with van der Waals surface area (Å²) < 4.78 is 7.17. The first-order valence-corrected chi connectivity index (χ1v) is 4.97. The molecule has 16 heavy (non-hydrogen) atoms. The van der Waals surface area contributed by atoms with E-state index in [4.69, 9.17) is 9.84 Å². The molecular formula is C11H13N3O2. The lowest BCUT2D eigenvalue weighted by Gasteiger charge is -2.06. The smallest absolute Gasteiger partial charge is 0.132 e. The van der Waals surface area contributed by atoms with Gasteiger partial charge in [0.2, 0.25) is 0 Å². The molecule has 2 aromatic rings. The van der Waals surface area contributed by atoms with Gasteiger partial charge in [-0.15, -0.1) is 5.10 Å². The van der Waals surface area contributed by atoms with E-state index >= 15 is 0 Å². The van der Waals surface area contributed by atoms with Gasteiger partial charge in [-0.05, 0) is 12.1 Å². The molecule has 5 nitrogen and oxygen atoms in total. The van der Waals surface area contributed by atoms with Crippen molar-refractivity contribution in [2.45, 2.75) is 13.2 Å². The van der Waals surface area contributed by atoms with Crippen LogP contribution in [0.4, 0.5) is 0 Å². The van der Waals surface area contributed by atoms with Crippen LogP contribution in [0.2, 0.25) is 0 Å². The van der Waals surface area contributed by atoms with Crippen molar-refractivity contribution >= 4 is 0 Å². The van der Waals surface area contributed by atoms with Crippen molar-refractivity contribution in [1.82, 2.24) is 15.0 Å². The number of hydrogen-bond acceptors (Lipinski definition) is 4. The first-order valence-electron chi connectivity index (χ1n) is 4.97. The Morgan fingerprint density at radius 2 is 2.06 bits per heavy atom. The van der Waals surface area contributed by atoms with Crippen LogP contribution in [0.15, 0.2) is 30.3 Å². The number of nitrogens with zero attached hydrogens (tertiary/aromatic N) is 3. The van der Waals surface area contributed by atoms with Crippen LogP contribution in [-0.2, 0) is 20.3 Å². The van der Waals surface area contributed by atoms with Crippen LogP contribution < -0.4 is 4.74 Å². The maximum absolute atomic E-state index is 9.06. The second kappa shape index (κ2) is 4.76. The van der Waals surface area contributed by atoms with E-state index in [0.717, 1.165) is 11.4 Å². The molecule has 84 valence electrons. The van der Waals surface area contributed by atoms with Gasteiger partial charge in [-0.1, -0.05) is 23.4 Å². The van der Waals surface area contributed by atoms with E-state index in [2.05, 4.69) is 10.3 Å². The average molecular weight is 219 g/mol.